The molecule has 0 aliphatic carbocycles. The zero-order valence-electron chi connectivity index (χ0n) is 32.0. The van der Waals surface area contributed by atoms with Crippen LogP contribution in [0, 0.1) is 23.7 Å². The largest absolute Gasteiger partial charge is 0.390 e. The molecule has 0 radical (unpaired) electrons. The van der Waals surface area contributed by atoms with Crippen LogP contribution >= 0.6 is 0 Å². The third kappa shape index (κ3) is 13.8. The van der Waals surface area contributed by atoms with Crippen molar-refractivity contribution in [2.75, 3.05) is 13.1 Å². The number of amides is 2. The molecule has 10 nitrogen and oxygen atoms in total. The van der Waals surface area contributed by atoms with E-state index >= 15 is 0 Å². The highest BCUT2D eigenvalue weighted by atomic mass is 16.7. The van der Waals surface area contributed by atoms with Crippen molar-refractivity contribution in [1.29, 1.82) is 0 Å². The summed E-state index contributed by atoms with van der Waals surface area (Å²) in [7, 11) is 0. The molecule has 2 amide bonds. The van der Waals surface area contributed by atoms with Gasteiger partial charge in [0.15, 0.2) is 11.6 Å². The number of ketones is 1. The van der Waals surface area contributed by atoms with Crippen LogP contribution in [0.15, 0.2) is 23.8 Å². The molecule has 0 aromatic carbocycles. The van der Waals surface area contributed by atoms with Gasteiger partial charge in [-0.2, -0.15) is 0 Å². The molecular weight excluding hydrogens is 636 g/mol. The van der Waals surface area contributed by atoms with E-state index in [4.69, 9.17) is 14.2 Å². The molecule has 4 N–H and O–H groups in total. The van der Waals surface area contributed by atoms with Crippen LogP contribution < -0.4 is 10.6 Å². The van der Waals surface area contributed by atoms with E-state index in [0.717, 1.165) is 76.2 Å². The number of allylic oxidation sites excluding steroid dienone is 3. The Kier molecular flexibility index (Phi) is 17.6. The van der Waals surface area contributed by atoms with Gasteiger partial charge in [-0.15, -0.1) is 0 Å². The molecule has 10 heteroatoms. The van der Waals surface area contributed by atoms with Crippen molar-refractivity contribution in [3.05, 3.63) is 23.8 Å². The van der Waals surface area contributed by atoms with E-state index in [1.165, 1.54) is 0 Å². The maximum atomic E-state index is 12.9. The number of nitrogens with one attached hydrogen (secondary N) is 2. The van der Waals surface area contributed by atoms with Gasteiger partial charge >= 0.3 is 0 Å². The van der Waals surface area contributed by atoms with Gasteiger partial charge in [0.2, 0.25) is 11.8 Å². The van der Waals surface area contributed by atoms with Crippen molar-refractivity contribution in [3.63, 3.8) is 0 Å². The number of ether oxygens (including phenoxy) is 3. The summed E-state index contributed by atoms with van der Waals surface area (Å²) in [5.74, 6) is -0.680. The van der Waals surface area contributed by atoms with Crippen LogP contribution in [-0.2, 0) is 28.6 Å². The standard InChI is InChI=1S/C40H68N2O8/c1-8-11-32(44)23-34-17-15-27(3)37(48-34)24-38(46)42-25-35(45)30(6)39(47)41-21-10-13-36-28(4)18-20-40(50-36)19-9-12-33(49-40)16-14-26(2)22-29(5)31(7)43/h8,11,22,26-28,30-31,33-37,43,45H,9-10,12-21,23-25H2,1-7H3,(H,41,47)(H,42,46)/b11-8+,29-22+/t26-,27-,28-,30+,31-,33-,34+,35+,36+,37-,40-/m0/s1. The van der Waals surface area contributed by atoms with Crippen LogP contribution in [0.5, 0.6) is 0 Å². The summed E-state index contributed by atoms with van der Waals surface area (Å²) >= 11 is 0. The van der Waals surface area contributed by atoms with Gasteiger partial charge in [0.25, 0.3) is 0 Å². The third-order valence-corrected chi connectivity index (χ3v) is 11.2. The third-order valence-electron chi connectivity index (χ3n) is 11.2. The first-order valence-electron chi connectivity index (χ1n) is 19.5. The van der Waals surface area contributed by atoms with E-state index < -0.39 is 23.9 Å². The lowest BCUT2D eigenvalue weighted by Crippen LogP contribution is -2.50. The van der Waals surface area contributed by atoms with Crippen LogP contribution in [0.25, 0.3) is 0 Å². The van der Waals surface area contributed by atoms with Crippen molar-refractivity contribution >= 4 is 17.6 Å². The molecule has 0 aromatic heterocycles. The second kappa shape index (κ2) is 20.8. The van der Waals surface area contributed by atoms with Crippen molar-refractivity contribution in [3.8, 4) is 0 Å². The molecule has 11 atom stereocenters. The fourth-order valence-corrected chi connectivity index (χ4v) is 7.51. The quantitative estimate of drug-likeness (QED) is 0.0782. The number of carbonyl (C=O) groups is 3. The Hall–Kier alpha value is -2.11. The molecule has 3 saturated heterocycles. The SMILES string of the molecule is C/C=C/C(=O)C[C@H]1CC[C@H](C)[C@H](CC(=O)NC[C@@H](O)[C@@H](C)C(=O)NCCC[C@H]2O[C@@]3(CCC[C@@H](CC[C@H](C)/C=C(\C)[C@H](C)O)O3)CC[C@@H]2C)O1. The van der Waals surface area contributed by atoms with Crippen LogP contribution in [-0.4, -0.2) is 83.3 Å². The van der Waals surface area contributed by atoms with Gasteiger partial charge in [-0.1, -0.05) is 39.8 Å². The summed E-state index contributed by atoms with van der Waals surface area (Å²) in [4.78, 5) is 37.6. The van der Waals surface area contributed by atoms with Crippen molar-refractivity contribution < 1.29 is 38.8 Å². The maximum Gasteiger partial charge on any atom is 0.225 e. The van der Waals surface area contributed by atoms with E-state index in [0.29, 0.717) is 24.8 Å². The smallest absolute Gasteiger partial charge is 0.225 e. The van der Waals surface area contributed by atoms with Gasteiger partial charge in [-0.05, 0) is 108 Å². The fourth-order valence-electron chi connectivity index (χ4n) is 7.51. The Morgan fingerprint density at radius 3 is 2.36 bits per heavy atom. The molecular formula is C40H68N2O8. The predicted molar refractivity (Wildman–Crippen MR) is 195 cm³/mol. The average Bonchev–Trinajstić information content (AvgIpc) is 3.07. The van der Waals surface area contributed by atoms with Crippen molar-refractivity contribution in [2.45, 2.75) is 174 Å². The average molecular weight is 705 g/mol. The molecule has 3 aliphatic heterocycles. The molecule has 0 unspecified atom stereocenters. The summed E-state index contributed by atoms with van der Waals surface area (Å²) in [6, 6.07) is 0. The van der Waals surface area contributed by atoms with E-state index in [2.05, 4.69) is 30.6 Å². The summed E-state index contributed by atoms with van der Waals surface area (Å²) in [5, 5.41) is 26.2. The lowest BCUT2D eigenvalue weighted by Gasteiger charge is -2.48. The molecule has 50 heavy (non-hydrogen) atoms. The van der Waals surface area contributed by atoms with Gasteiger partial charge in [0.1, 0.15) is 0 Å². The highest BCUT2D eigenvalue weighted by Crippen LogP contribution is 2.43. The second-order valence-corrected chi connectivity index (χ2v) is 15.7. The Balaban J connectivity index is 1.36. The maximum absolute atomic E-state index is 12.9. The molecule has 3 fully saturated rings. The summed E-state index contributed by atoms with van der Waals surface area (Å²) in [5.41, 5.74) is 1.01. The van der Waals surface area contributed by atoms with Gasteiger partial charge in [-0.3, -0.25) is 14.4 Å². The molecule has 0 saturated carbocycles. The minimum Gasteiger partial charge on any atom is -0.390 e. The Labute approximate surface area is 301 Å². The second-order valence-electron chi connectivity index (χ2n) is 15.7. The normalized spacial score (nSPS) is 31.6. The van der Waals surface area contributed by atoms with Crippen molar-refractivity contribution in [1.82, 2.24) is 10.6 Å². The predicted octanol–water partition coefficient (Wildman–Crippen LogP) is 5.93. The number of carbonyl (C=O) groups excluding carboxylic acids is 3. The minimum atomic E-state index is -1.02. The molecule has 286 valence electrons. The molecule has 3 heterocycles. The van der Waals surface area contributed by atoms with Crippen LogP contribution in [0.1, 0.15) is 132 Å². The lowest BCUT2D eigenvalue weighted by molar-refractivity contribution is -0.324. The summed E-state index contributed by atoms with van der Waals surface area (Å²) in [6.45, 7) is 14.2. The first kappa shape index (κ1) is 42.3. The molecule has 3 aliphatic rings. The fraction of sp³-hybridized carbons (Fsp3) is 0.825. The highest BCUT2D eigenvalue weighted by Gasteiger charge is 2.44. The topological polar surface area (TPSA) is 143 Å². The van der Waals surface area contributed by atoms with E-state index in [1.54, 1.807) is 26.0 Å². The number of hydrogen-bond acceptors (Lipinski definition) is 8. The van der Waals surface area contributed by atoms with Gasteiger partial charge in [-0.25, -0.2) is 0 Å². The number of aliphatic hydroxyl groups is 2. The molecule has 0 aromatic rings. The van der Waals surface area contributed by atoms with Gasteiger partial charge in [0, 0.05) is 32.4 Å². The van der Waals surface area contributed by atoms with Crippen LogP contribution in [0.3, 0.4) is 0 Å². The molecule has 1 spiro atoms. The monoisotopic (exact) mass is 704 g/mol. The van der Waals surface area contributed by atoms with E-state index in [9.17, 15) is 24.6 Å². The molecule has 0 bridgehead atoms. The first-order valence-corrected chi connectivity index (χ1v) is 19.5. The van der Waals surface area contributed by atoms with E-state index in [1.807, 2.05) is 20.8 Å². The number of aliphatic hydroxyl groups excluding tert-OH is 2. The minimum absolute atomic E-state index is 0.0223. The Bertz CT molecular complexity index is 1140. The zero-order valence-corrected chi connectivity index (χ0v) is 32.0. The Morgan fingerprint density at radius 1 is 0.900 bits per heavy atom. The first-order chi connectivity index (χ1) is 23.7. The zero-order chi connectivity index (χ0) is 36.8. The Morgan fingerprint density at radius 2 is 1.64 bits per heavy atom. The summed E-state index contributed by atoms with van der Waals surface area (Å²) in [6.07, 6.45) is 14.5. The van der Waals surface area contributed by atoms with Crippen molar-refractivity contribution in [2.24, 2.45) is 23.7 Å². The highest BCUT2D eigenvalue weighted by molar-refractivity contribution is 5.89. The number of rotatable bonds is 18. The van der Waals surface area contributed by atoms with Crippen LogP contribution in [0.2, 0.25) is 0 Å². The number of hydrogen-bond donors (Lipinski definition) is 4. The van der Waals surface area contributed by atoms with E-state index in [-0.39, 0.29) is 60.9 Å². The molecule has 3 rings (SSSR count). The van der Waals surface area contributed by atoms with Gasteiger partial charge in [0.05, 0.1) is 49.0 Å². The lowest BCUT2D eigenvalue weighted by atomic mass is 9.85. The van der Waals surface area contributed by atoms with Gasteiger partial charge < -0.3 is 35.1 Å². The summed E-state index contributed by atoms with van der Waals surface area (Å²) < 4.78 is 19.5. The van der Waals surface area contributed by atoms with Crippen LogP contribution in [0.4, 0.5) is 0 Å².